The molecule has 0 saturated heterocycles. The molecule has 0 spiro atoms. The molecular weight excluding hydrogens is 314 g/mol. The number of anilines is 1. The average Bonchev–Trinajstić information content (AvgIpc) is 2.55. The second-order valence-corrected chi connectivity index (χ2v) is 5.40. The maximum absolute atomic E-state index is 12.3. The van der Waals surface area contributed by atoms with Crippen LogP contribution in [0.3, 0.4) is 0 Å². The molecule has 0 radical (unpaired) electrons. The molecule has 2 aromatic carbocycles. The first-order valence-corrected chi connectivity index (χ1v) is 7.69. The number of aryl methyl sites for hydroxylation is 1. The first kappa shape index (κ1) is 17.0. The summed E-state index contributed by atoms with van der Waals surface area (Å²) < 4.78 is 5.36. The van der Waals surface area contributed by atoms with Crippen LogP contribution in [-0.4, -0.2) is 17.9 Å². The van der Waals surface area contributed by atoms with E-state index < -0.39 is 11.3 Å². The van der Waals surface area contributed by atoms with Crippen molar-refractivity contribution in [3.63, 3.8) is 0 Å². The van der Waals surface area contributed by atoms with E-state index in [1.165, 1.54) is 4.90 Å². The molecule has 0 aliphatic heterocycles. The third-order valence-electron chi connectivity index (χ3n) is 3.46. The third-order valence-corrected chi connectivity index (χ3v) is 3.67. The average molecular weight is 332 g/mol. The summed E-state index contributed by atoms with van der Waals surface area (Å²) in [7, 11) is 0. The van der Waals surface area contributed by atoms with E-state index in [0.29, 0.717) is 17.8 Å². The summed E-state index contributed by atoms with van der Waals surface area (Å²) in [4.78, 5) is 25.1. The predicted molar refractivity (Wildman–Crippen MR) is 91.0 cm³/mol. The fourth-order valence-corrected chi connectivity index (χ4v) is 2.39. The van der Waals surface area contributed by atoms with E-state index in [4.69, 9.17) is 16.3 Å². The molecule has 0 aromatic heterocycles. The maximum atomic E-state index is 12.3. The Bertz CT molecular complexity index is 701. The lowest BCUT2D eigenvalue weighted by Crippen LogP contribution is -2.31. The van der Waals surface area contributed by atoms with Gasteiger partial charge < -0.3 is 4.74 Å². The van der Waals surface area contributed by atoms with E-state index in [1.54, 1.807) is 18.2 Å². The largest absolute Gasteiger partial charge is 0.444 e. The van der Waals surface area contributed by atoms with Crippen LogP contribution in [0.4, 0.5) is 10.5 Å². The Kier molecular flexibility index (Phi) is 5.77. The lowest BCUT2D eigenvalue weighted by molar-refractivity contribution is 0.108. The van der Waals surface area contributed by atoms with Gasteiger partial charge in [0.1, 0.15) is 6.61 Å². The molecule has 0 aliphatic carbocycles. The first-order chi connectivity index (χ1) is 11.0. The minimum absolute atomic E-state index is 0.216. The second-order valence-electron chi connectivity index (χ2n) is 5.06. The Balaban J connectivity index is 2.12. The van der Waals surface area contributed by atoms with Gasteiger partial charge in [-0.15, -0.1) is 0 Å². The zero-order valence-corrected chi connectivity index (χ0v) is 13.8. The summed E-state index contributed by atoms with van der Waals surface area (Å²) in [5.74, 6) is 0. The van der Waals surface area contributed by atoms with Gasteiger partial charge in [0.2, 0.25) is 0 Å². The quantitative estimate of drug-likeness (QED) is 0.756. The van der Waals surface area contributed by atoms with Gasteiger partial charge in [0, 0.05) is 17.8 Å². The number of benzene rings is 2. The highest BCUT2D eigenvalue weighted by atomic mass is 35.5. The summed E-state index contributed by atoms with van der Waals surface area (Å²) >= 11 is 5.48. The smallest absolute Gasteiger partial charge is 0.414 e. The van der Waals surface area contributed by atoms with Gasteiger partial charge in [0.15, 0.2) is 0 Å². The van der Waals surface area contributed by atoms with Gasteiger partial charge in [-0.3, -0.25) is 9.69 Å². The van der Waals surface area contributed by atoms with Crippen LogP contribution >= 0.6 is 11.6 Å². The van der Waals surface area contributed by atoms with E-state index in [1.807, 2.05) is 44.2 Å². The highest BCUT2D eigenvalue weighted by Gasteiger charge is 2.18. The summed E-state index contributed by atoms with van der Waals surface area (Å²) in [6.45, 7) is 4.37. The van der Waals surface area contributed by atoms with Crippen molar-refractivity contribution in [2.45, 2.75) is 20.5 Å². The lowest BCUT2D eigenvalue weighted by Gasteiger charge is -2.22. The van der Waals surface area contributed by atoms with Crippen LogP contribution < -0.4 is 4.90 Å². The van der Waals surface area contributed by atoms with Crippen molar-refractivity contribution in [2.24, 2.45) is 0 Å². The number of carbonyl (C=O) groups is 2. The van der Waals surface area contributed by atoms with E-state index in [-0.39, 0.29) is 6.61 Å². The molecule has 0 bridgehead atoms. The molecule has 0 atom stereocenters. The summed E-state index contributed by atoms with van der Waals surface area (Å²) in [6.07, 6.45) is -0.426. The molecular formula is C18H18ClNO3. The molecule has 0 heterocycles. The Morgan fingerprint density at radius 1 is 1.13 bits per heavy atom. The monoisotopic (exact) mass is 331 g/mol. The SMILES string of the molecule is CCN(C(=O)OCc1ccccc1)c1ccc(C(=O)Cl)cc1C. The Morgan fingerprint density at radius 2 is 1.83 bits per heavy atom. The molecule has 0 aliphatic rings. The number of ether oxygens (including phenoxy) is 1. The molecule has 0 fully saturated rings. The zero-order chi connectivity index (χ0) is 16.8. The Hall–Kier alpha value is -2.33. The summed E-state index contributed by atoms with van der Waals surface area (Å²) in [5.41, 5.74) is 2.82. The van der Waals surface area contributed by atoms with Crippen molar-refractivity contribution in [3.05, 3.63) is 65.2 Å². The van der Waals surface area contributed by atoms with Crippen molar-refractivity contribution in [1.82, 2.24) is 0 Å². The number of rotatable bonds is 5. The number of carbonyl (C=O) groups excluding carboxylic acids is 2. The molecule has 0 unspecified atom stereocenters. The number of amides is 1. The molecule has 2 rings (SSSR count). The van der Waals surface area contributed by atoms with Gasteiger partial charge in [0.05, 0.1) is 0 Å². The molecule has 4 nitrogen and oxygen atoms in total. The van der Waals surface area contributed by atoms with Gasteiger partial charge in [-0.05, 0) is 54.8 Å². The van der Waals surface area contributed by atoms with Crippen molar-refractivity contribution in [2.75, 3.05) is 11.4 Å². The van der Waals surface area contributed by atoms with Crippen LogP contribution in [0.1, 0.15) is 28.4 Å². The topological polar surface area (TPSA) is 46.6 Å². The third kappa shape index (κ3) is 4.33. The molecule has 120 valence electrons. The van der Waals surface area contributed by atoms with Crippen molar-refractivity contribution in [1.29, 1.82) is 0 Å². The standard InChI is InChI=1S/C18H18ClNO3/c1-3-20(16-10-9-15(17(19)21)11-13(16)2)18(22)23-12-14-7-5-4-6-8-14/h4-11H,3,12H2,1-2H3. The van der Waals surface area contributed by atoms with Crippen molar-refractivity contribution in [3.8, 4) is 0 Å². The van der Waals surface area contributed by atoms with Crippen molar-refractivity contribution < 1.29 is 14.3 Å². The van der Waals surface area contributed by atoms with Crippen molar-refractivity contribution >= 4 is 28.6 Å². The second kappa shape index (κ2) is 7.79. The van der Waals surface area contributed by atoms with E-state index in [9.17, 15) is 9.59 Å². The van der Waals surface area contributed by atoms with Crippen LogP contribution in [0.5, 0.6) is 0 Å². The summed E-state index contributed by atoms with van der Waals surface area (Å²) in [6, 6.07) is 14.5. The first-order valence-electron chi connectivity index (χ1n) is 7.31. The molecule has 1 amide bonds. The molecule has 23 heavy (non-hydrogen) atoms. The van der Waals surface area contributed by atoms with Gasteiger partial charge in [-0.25, -0.2) is 4.79 Å². The van der Waals surface area contributed by atoms with E-state index in [2.05, 4.69) is 0 Å². The molecule has 0 saturated carbocycles. The zero-order valence-electron chi connectivity index (χ0n) is 13.1. The number of nitrogens with zero attached hydrogens (tertiary/aromatic N) is 1. The van der Waals surface area contributed by atoms with Gasteiger partial charge in [-0.1, -0.05) is 30.3 Å². The highest BCUT2D eigenvalue weighted by Crippen LogP contribution is 2.23. The van der Waals surface area contributed by atoms with E-state index in [0.717, 1.165) is 11.1 Å². The maximum Gasteiger partial charge on any atom is 0.414 e. The van der Waals surface area contributed by atoms with Crippen LogP contribution in [0, 0.1) is 6.92 Å². The number of hydrogen-bond acceptors (Lipinski definition) is 3. The van der Waals surface area contributed by atoms with Crippen LogP contribution in [0.15, 0.2) is 48.5 Å². The molecule has 5 heteroatoms. The van der Waals surface area contributed by atoms with Gasteiger partial charge in [-0.2, -0.15) is 0 Å². The highest BCUT2D eigenvalue weighted by molar-refractivity contribution is 6.67. The minimum Gasteiger partial charge on any atom is -0.444 e. The Morgan fingerprint density at radius 3 is 2.39 bits per heavy atom. The van der Waals surface area contributed by atoms with Gasteiger partial charge in [0.25, 0.3) is 5.24 Å². The fraction of sp³-hybridized carbons (Fsp3) is 0.222. The predicted octanol–water partition coefficient (Wildman–Crippen LogP) is 4.54. The Labute approximate surface area is 140 Å². The lowest BCUT2D eigenvalue weighted by atomic mass is 10.1. The normalized spacial score (nSPS) is 10.2. The molecule has 2 aromatic rings. The van der Waals surface area contributed by atoms with Crippen LogP contribution in [-0.2, 0) is 11.3 Å². The number of hydrogen-bond donors (Lipinski definition) is 0. The number of halogens is 1. The molecule has 0 N–H and O–H groups in total. The van der Waals surface area contributed by atoms with Crippen LogP contribution in [0.2, 0.25) is 0 Å². The fourth-order valence-electron chi connectivity index (χ4n) is 2.28. The van der Waals surface area contributed by atoms with E-state index >= 15 is 0 Å². The summed E-state index contributed by atoms with van der Waals surface area (Å²) in [5, 5.41) is -0.519. The van der Waals surface area contributed by atoms with Crippen LogP contribution in [0.25, 0.3) is 0 Å². The van der Waals surface area contributed by atoms with Gasteiger partial charge >= 0.3 is 6.09 Å². The minimum atomic E-state index is -0.519.